The van der Waals surface area contributed by atoms with E-state index >= 15 is 0 Å². The van der Waals surface area contributed by atoms with Crippen molar-refractivity contribution < 1.29 is 14.3 Å². The minimum Gasteiger partial charge on any atom is -0.390 e. The first-order chi connectivity index (χ1) is 13.6. The SMILES string of the molecule is CCSc1nnc(NC(=O)CSc2nc(CO)cn2Cc2ccc(F)cc2)s1. The van der Waals surface area contributed by atoms with Gasteiger partial charge in [0, 0.05) is 12.7 Å². The van der Waals surface area contributed by atoms with E-state index in [9.17, 15) is 14.3 Å². The highest BCUT2D eigenvalue weighted by Gasteiger charge is 2.13. The second-order valence-electron chi connectivity index (χ2n) is 5.57. The fourth-order valence-corrected chi connectivity index (χ4v) is 4.73. The summed E-state index contributed by atoms with van der Waals surface area (Å²) in [5, 5.41) is 21.1. The lowest BCUT2D eigenvalue weighted by Crippen LogP contribution is -2.14. The number of carbonyl (C=O) groups is 1. The molecule has 0 aliphatic carbocycles. The van der Waals surface area contributed by atoms with Crippen LogP contribution in [0.4, 0.5) is 9.52 Å². The molecular formula is C17H18FN5O2S3. The van der Waals surface area contributed by atoms with Crippen LogP contribution in [0.1, 0.15) is 18.2 Å². The molecule has 0 aliphatic rings. The molecule has 2 heterocycles. The van der Waals surface area contributed by atoms with Crippen molar-refractivity contribution in [1.29, 1.82) is 0 Å². The molecule has 0 saturated heterocycles. The molecule has 11 heteroatoms. The number of anilines is 1. The van der Waals surface area contributed by atoms with Crippen molar-refractivity contribution >= 4 is 45.9 Å². The molecular weight excluding hydrogens is 421 g/mol. The fourth-order valence-electron chi connectivity index (χ4n) is 2.27. The summed E-state index contributed by atoms with van der Waals surface area (Å²) in [6.45, 7) is 2.29. The van der Waals surface area contributed by atoms with Gasteiger partial charge in [-0.15, -0.1) is 10.2 Å². The van der Waals surface area contributed by atoms with E-state index in [4.69, 9.17) is 0 Å². The van der Waals surface area contributed by atoms with Gasteiger partial charge in [-0.1, -0.05) is 53.9 Å². The van der Waals surface area contributed by atoms with Crippen LogP contribution in [0.25, 0.3) is 0 Å². The maximum atomic E-state index is 13.1. The molecule has 1 aromatic carbocycles. The van der Waals surface area contributed by atoms with Crippen LogP contribution in [-0.4, -0.2) is 42.3 Å². The number of nitrogens with one attached hydrogen (secondary N) is 1. The first-order valence-electron chi connectivity index (χ1n) is 8.37. The molecule has 0 bridgehead atoms. The number of aliphatic hydroxyl groups excluding tert-OH is 1. The largest absolute Gasteiger partial charge is 0.390 e. The molecule has 2 N–H and O–H groups in total. The normalized spacial score (nSPS) is 11.0. The van der Waals surface area contributed by atoms with E-state index in [1.165, 1.54) is 35.2 Å². The lowest BCUT2D eigenvalue weighted by molar-refractivity contribution is -0.113. The van der Waals surface area contributed by atoms with Crippen molar-refractivity contribution in [1.82, 2.24) is 19.7 Å². The summed E-state index contributed by atoms with van der Waals surface area (Å²) < 4.78 is 15.7. The Balaban J connectivity index is 1.61. The monoisotopic (exact) mass is 439 g/mol. The summed E-state index contributed by atoms with van der Waals surface area (Å²) >= 11 is 4.16. The number of aliphatic hydroxyl groups is 1. The smallest absolute Gasteiger partial charge is 0.236 e. The molecule has 0 unspecified atom stereocenters. The molecule has 0 spiro atoms. The third-order valence-corrected chi connectivity index (χ3v) is 6.32. The van der Waals surface area contributed by atoms with Crippen LogP contribution in [0.2, 0.25) is 0 Å². The van der Waals surface area contributed by atoms with Gasteiger partial charge in [0.05, 0.1) is 18.1 Å². The van der Waals surface area contributed by atoms with Crippen LogP contribution in [0.15, 0.2) is 40.0 Å². The molecule has 3 aromatic rings. The van der Waals surface area contributed by atoms with Crippen LogP contribution in [0.3, 0.4) is 0 Å². The molecule has 7 nitrogen and oxygen atoms in total. The number of hydrogen-bond donors (Lipinski definition) is 2. The zero-order valence-electron chi connectivity index (χ0n) is 15.0. The quantitative estimate of drug-likeness (QED) is 0.390. The Morgan fingerprint density at radius 1 is 1.29 bits per heavy atom. The summed E-state index contributed by atoms with van der Waals surface area (Å²) in [6, 6.07) is 6.17. The zero-order valence-corrected chi connectivity index (χ0v) is 17.4. The van der Waals surface area contributed by atoms with Gasteiger partial charge in [0.25, 0.3) is 0 Å². The highest BCUT2D eigenvalue weighted by Crippen LogP contribution is 2.25. The number of benzene rings is 1. The second-order valence-corrected chi connectivity index (χ2v) is 9.00. The second kappa shape index (κ2) is 10.0. The molecule has 148 valence electrons. The number of imidazole rings is 1. The van der Waals surface area contributed by atoms with Gasteiger partial charge in [0.2, 0.25) is 11.0 Å². The number of thioether (sulfide) groups is 2. The van der Waals surface area contributed by atoms with Gasteiger partial charge in [0.15, 0.2) is 9.50 Å². The molecule has 3 rings (SSSR count). The first kappa shape index (κ1) is 20.8. The molecule has 0 fully saturated rings. The van der Waals surface area contributed by atoms with Crippen molar-refractivity contribution in [3.8, 4) is 0 Å². The van der Waals surface area contributed by atoms with Gasteiger partial charge < -0.3 is 9.67 Å². The van der Waals surface area contributed by atoms with E-state index in [2.05, 4.69) is 20.5 Å². The average Bonchev–Trinajstić information content (AvgIpc) is 3.29. The number of halogens is 1. The molecule has 28 heavy (non-hydrogen) atoms. The number of amides is 1. The Bertz CT molecular complexity index is 929. The van der Waals surface area contributed by atoms with Crippen LogP contribution >= 0.6 is 34.9 Å². The topological polar surface area (TPSA) is 92.9 Å². The minimum atomic E-state index is -0.297. The van der Waals surface area contributed by atoms with Gasteiger partial charge in [0.1, 0.15) is 5.82 Å². The van der Waals surface area contributed by atoms with Crippen LogP contribution in [-0.2, 0) is 17.9 Å². The number of hydrogen-bond acceptors (Lipinski definition) is 8. The standard InChI is InChI=1S/C17H18FN5O2S3/c1-2-26-17-22-21-15(28-17)20-14(25)10-27-16-19-13(9-24)8-23(16)7-11-3-5-12(18)6-4-11/h3-6,8,24H,2,7,9-10H2,1H3,(H,20,21,25). The Morgan fingerprint density at radius 2 is 2.07 bits per heavy atom. The van der Waals surface area contributed by atoms with Gasteiger partial charge in [-0.25, -0.2) is 9.37 Å². The van der Waals surface area contributed by atoms with Gasteiger partial charge >= 0.3 is 0 Å². The van der Waals surface area contributed by atoms with E-state index in [0.717, 1.165) is 15.7 Å². The predicted molar refractivity (Wildman–Crippen MR) is 109 cm³/mol. The summed E-state index contributed by atoms with van der Waals surface area (Å²) in [7, 11) is 0. The van der Waals surface area contributed by atoms with E-state index in [-0.39, 0.29) is 24.1 Å². The first-order valence-corrected chi connectivity index (χ1v) is 11.2. The lowest BCUT2D eigenvalue weighted by Gasteiger charge is -2.07. The van der Waals surface area contributed by atoms with Crippen LogP contribution < -0.4 is 5.32 Å². The van der Waals surface area contributed by atoms with Gasteiger partial charge in [-0.2, -0.15) is 0 Å². The highest BCUT2D eigenvalue weighted by molar-refractivity contribution is 8.01. The van der Waals surface area contributed by atoms with E-state index < -0.39 is 0 Å². The van der Waals surface area contributed by atoms with Crippen molar-refractivity contribution in [2.45, 2.75) is 29.6 Å². The average molecular weight is 440 g/mol. The minimum absolute atomic E-state index is 0.140. The summed E-state index contributed by atoms with van der Waals surface area (Å²) in [5.74, 6) is 0.522. The van der Waals surface area contributed by atoms with E-state index in [0.29, 0.717) is 22.5 Å². The molecule has 0 aliphatic heterocycles. The number of rotatable bonds is 9. The number of nitrogens with zero attached hydrogens (tertiary/aromatic N) is 4. The zero-order chi connectivity index (χ0) is 19.9. The Hall–Kier alpha value is -1.95. The fraction of sp³-hybridized carbons (Fsp3) is 0.294. The van der Waals surface area contributed by atoms with Crippen molar-refractivity contribution in [3.05, 3.63) is 47.5 Å². The molecule has 0 saturated carbocycles. The molecule has 0 radical (unpaired) electrons. The lowest BCUT2D eigenvalue weighted by atomic mass is 10.2. The molecule has 2 aromatic heterocycles. The predicted octanol–water partition coefficient (Wildman–Crippen LogP) is 3.26. The number of carbonyl (C=O) groups excluding carboxylic acids is 1. The summed E-state index contributed by atoms with van der Waals surface area (Å²) in [6.07, 6.45) is 1.72. The van der Waals surface area contributed by atoms with Crippen molar-refractivity contribution in [2.75, 3.05) is 16.8 Å². The summed E-state index contributed by atoms with van der Waals surface area (Å²) in [5.41, 5.74) is 1.40. The van der Waals surface area contributed by atoms with E-state index in [1.54, 1.807) is 30.1 Å². The molecule has 0 atom stereocenters. The van der Waals surface area contributed by atoms with Gasteiger partial charge in [-0.05, 0) is 23.4 Å². The third-order valence-electron chi connectivity index (χ3n) is 3.47. The van der Waals surface area contributed by atoms with Crippen molar-refractivity contribution in [2.24, 2.45) is 0 Å². The third kappa shape index (κ3) is 5.77. The van der Waals surface area contributed by atoms with Crippen LogP contribution in [0, 0.1) is 5.82 Å². The van der Waals surface area contributed by atoms with Crippen molar-refractivity contribution in [3.63, 3.8) is 0 Å². The maximum Gasteiger partial charge on any atom is 0.236 e. The van der Waals surface area contributed by atoms with E-state index in [1.807, 2.05) is 11.5 Å². The Kier molecular flexibility index (Phi) is 7.43. The highest BCUT2D eigenvalue weighted by atomic mass is 32.2. The molecule has 1 amide bonds. The van der Waals surface area contributed by atoms with Gasteiger partial charge in [-0.3, -0.25) is 10.1 Å². The summed E-state index contributed by atoms with van der Waals surface area (Å²) in [4.78, 5) is 16.6. The van der Waals surface area contributed by atoms with Crippen LogP contribution in [0.5, 0.6) is 0 Å². The number of aromatic nitrogens is 4. The Morgan fingerprint density at radius 3 is 2.79 bits per heavy atom. The Labute approximate surface area is 173 Å². The maximum absolute atomic E-state index is 13.1.